The fourth-order valence-corrected chi connectivity index (χ4v) is 5.84. The molecular formula is C28H22S2. The minimum absolute atomic E-state index is 0.959. The number of rotatable bonds is 2. The minimum Gasteiger partial charge on any atom is -0.127 e. The smallest absolute Gasteiger partial charge is 0.0781 e. The van der Waals surface area contributed by atoms with Crippen LogP contribution in [0.1, 0.15) is 49.3 Å². The average molecular weight is 423 g/mol. The first-order chi connectivity index (χ1) is 14.8. The average Bonchev–Trinajstić information content (AvgIpc) is 3.37. The van der Waals surface area contributed by atoms with E-state index in [1.165, 1.54) is 41.7 Å². The Labute approximate surface area is 185 Å². The van der Waals surface area contributed by atoms with Crippen LogP contribution in [-0.2, 0) is 0 Å². The normalized spacial score (nSPS) is 11.0. The molecule has 0 fully saturated rings. The van der Waals surface area contributed by atoms with Crippen LogP contribution in [0.25, 0.3) is 41.7 Å². The Morgan fingerprint density at radius 1 is 0.567 bits per heavy atom. The Balaban J connectivity index is 1.69. The van der Waals surface area contributed by atoms with Crippen molar-refractivity contribution in [1.29, 1.82) is 0 Å². The summed E-state index contributed by atoms with van der Waals surface area (Å²) in [5, 5.41) is 7.90. The summed E-state index contributed by atoms with van der Waals surface area (Å²) in [6.07, 6.45) is 4.13. The molecule has 2 aromatic heterocycles. The molecule has 2 heterocycles. The van der Waals surface area contributed by atoms with Crippen LogP contribution in [0, 0.1) is 23.7 Å². The lowest BCUT2D eigenvalue weighted by Crippen LogP contribution is -1.79. The summed E-state index contributed by atoms with van der Waals surface area (Å²) in [6.45, 7) is 4.34. The van der Waals surface area contributed by atoms with E-state index in [0.717, 1.165) is 35.4 Å². The topological polar surface area (TPSA) is 0 Å². The van der Waals surface area contributed by atoms with E-state index in [-0.39, 0.29) is 0 Å². The van der Waals surface area contributed by atoms with E-state index in [1.54, 1.807) is 22.7 Å². The Hall–Kier alpha value is -2.78. The van der Waals surface area contributed by atoms with Gasteiger partial charge in [-0.05, 0) is 58.7 Å². The lowest BCUT2D eigenvalue weighted by Gasteiger charge is -2.06. The molecule has 2 heteroatoms. The zero-order valence-corrected chi connectivity index (χ0v) is 18.9. The third-order valence-corrected chi connectivity index (χ3v) is 7.40. The SMILES string of the molecule is CCCC#Cc1cc2c(ccc3c2ccc2c4cc(C#CCCC)sc4ccc23)s1. The summed E-state index contributed by atoms with van der Waals surface area (Å²) < 4.78 is 2.63. The first-order valence-corrected chi connectivity index (χ1v) is 12.2. The Morgan fingerprint density at radius 2 is 0.967 bits per heavy atom. The van der Waals surface area contributed by atoms with Gasteiger partial charge in [0.05, 0.1) is 9.75 Å². The number of benzene rings is 3. The molecule has 0 unspecified atom stereocenters. The summed E-state index contributed by atoms with van der Waals surface area (Å²) in [5.41, 5.74) is 0. The van der Waals surface area contributed by atoms with Crippen LogP contribution in [0.15, 0.2) is 48.5 Å². The highest BCUT2D eigenvalue weighted by molar-refractivity contribution is 7.20. The molecule has 0 aliphatic carbocycles. The second kappa shape index (κ2) is 8.16. The van der Waals surface area contributed by atoms with E-state index in [0.29, 0.717) is 0 Å². The standard InChI is InChI=1S/C28H22S2/c1-3-5-7-9-19-17-25-23-11-12-24-22(21(23)13-15-27(25)29-19)14-16-28-26(24)18-20(30-28)10-8-6-4-2/h11-18H,3-6H2,1-2H3. The molecule has 3 aromatic carbocycles. The molecule has 0 spiro atoms. The van der Waals surface area contributed by atoms with Gasteiger partial charge in [-0.25, -0.2) is 0 Å². The van der Waals surface area contributed by atoms with Crippen LogP contribution in [-0.4, -0.2) is 0 Å². The summed E-state index contributed by atoms with van der Waals surface area (Å²) >= 11 is 3.59. The van der Waals surface area contributed by atoms with Gasteiger partial charge in [0.1, 0.15) is 0 Å². The van der Waals surface area contributed by atoms with Gasteiger partial charge in [0.15, 0.2) is 0 Å². The van der Waals surface area contributed by atoms with Crippen LogP contribution in [0.3, 0.4) is 0 Å². The van der Waals surface area contributed by atoms with Crippen LogP contribution in [0.2, 0.25) is 0 Å². The maximum atomic E-state index is 3.34. The van der Waals surface area contributed by atoms with Crippen molar-refractivity contribution in [1.82, 2.24) is 0 Å². The van der Waals surface area contributed by atoms with Gasteiger partial charge >= 0.3 is 0 Å². The van der Waals surface area contributed by atoms with E-state index >= 15 is 0 Å². The third kappa shape index (κ3) is 3.37. The van der Waals surface area contributed by atoms with Crippen molar-refractivity contribution in [3.63, 3.8) is 0 Å². The first-order valence-electron chi connectivity index (χ1n) is 10.6. The molecule has 146 valence electrons. The van der Waals surface area contributed by atoms with Crippen molar-refractivity contribution >= 4 is 64.4 Å². The Bertz CT molecular complexity index is 1400. The zero-order chi connectivity index (χ0) is 20.5. The summed E-state index contributed by atoms with van der Waals surface area (Å²) in [7, 11) is 0. The second-order valence-electron chi connectivity index (χ2n) is 7.54. The highest BCUT2D eigenvalue weighted by atomic mass is 32.1. The molecule has 0 radical (unpaired) electrons. The first kappa shape index (κ1) is 19.2. The molecular weight excluding hydrogens is 400 g/mol. The van der Waals surface area contributed by atoms with Crippen LogP contribution in [0.4, 0.5) is 0 Å². The molecule has 5 rings (SSSR count). The maximum absolute atomic E-state index is 3.34. The molecule has 0 N–H and O–H groups in total. The summed E-state index contributed by atoms with van der Waals surface area (Å²) in [4.78, 5) is 2.32. The molecule has 30 heavy (non-hydrogen) atoms. The van der Waals surface area contributed by atoms with Gasteiger partial charge in [-0.2, -0.15) is 0 Å². The van der Waals surface area contributed by atoms with Crippen molar-refractivity contribution in [3.8, 4) is 23.7 Å². The highest BCUT2D eigenvalue weighted by Crippen LogP contribution is 2.39. The van der Waals surface area contributed by atoms with E-state index in [9.17, 15) is 0 Å². The molecule has 0 aliphatic heterocycles. The fraction of sp³-hybridized carbons (Fsp3) is 0.214. The van der Waals surface area contributed by atoms with Crippen molar-refractivity contribution in [2.75, 3.05) is 0 Å². The van der Waals surface area contributed by atoms with Crippen LogP contribution >= 0.6 is 22.7 Å². The summed E-state index contributed by atoms with van der Waals surface area (Å²) in [6, 6.07) is 18.2. The lowest BCUT2D eigenvalue weighted by atomic mass is 9.98. The minimum atomic E-state index is 0.959. The van der Waals surface area contributed by atoms with Gasteiger partial charge < -0.3 is 0 Å². The highest BCUT2D eigenvalue weighted by Gasteiger charge is 2.10. The molecule has 5 aromatic rings. The number of unbranched alkanes of at least 4 members (excludes halogenated alkanes) is 2. The molecule has 0 saturated heterocycles. The van der Waals surface area contributed by atoms with Gasteiger partial charge in [-0.15, -0.1) is 22.7 Å². The number of hydrogen-bond acceptors (Lipinski definition) is 2. The van der Waals surface area contributed by atoms with Gasteiger partial charge in [0, 0.05) is 33.0 Å². The molecule has 0 aliphatic rings. The molecule has 0 amide bonds. The number of fused-ring (bicyclic) bond motifs is 7. The Kier molecular flexibility index (Phi) is 5.22. The molecule has 0 saturated carbocycles. The van der Waals surface area contributed by atoms with E-state index in [1.807, 2.05) is 0 Å². The monoisotopic (exact) mass is 422 g/mol. The van der Waals surface area contributed by atoms with E-state index in [4.69, 9.17) is 0 Å². The van der Waals surface area contributed by atoms with E-state index < -0.39 is 0 Å². The molecule has 0 nitrogen and oxygen atoms in total. The third-order valence-electron chi connectivity index (χ3n) is 5.37. The second-order valence-corrected chi connectivity index (χ2v) is 9.70. The molecule has 0 atom stereocenters. The quantitative estimate of drug-likeness (QED) is 0.197. The fourth-order valence-electron chi connectivity index (χ4n) is 3.93. The van der Waals surface area contributed by atoms with E-state index in [2.05, 4.69) is 86.1 Å². The van der Waals surface area contributed by atoms with Gasteiger partial charge in [0.2, 0.25) is 0 Å². The predicted octanol–water partition coefficient (Wildman–Crippen LogP) is 8.73. The number of hydrogen-bond donors (Lipinski definition) is 0. The van der Waals surface area contributed by atoms with Gasteiger partial charge in [-0.3, -0.25) is 0 Å². The van der Waals surface area contributed by atoms with Crippen molar-refractivity contribution in [2.24, 2.45) is 0 Å². The Morgan fingerprint density at radius 3 is 1.40 bits per heavy atom. The summed E-state index contributed by atoms with van der Waals surface area (Å²) in [5.74, 6) is 13.2. The van der Waals surface area contributed by atoms with Gasteiger partial charge in [0.25, 0.3) is 0 Å². The maximum Gasteiger partial charge on any atom is 0.0781 e. The number of thiophene rings is 2. The van der Waals surface area contributed by atoms with Crippen molar-refractivity contribution < 1.29 is 0 Å². The predicted molar refractivity (Wildman–Crippen MR) is 136 cm³/mol. The van der Waals surface area contributed by atoms with Gasteiger partial charge in [-0.1, -0.05) is 61.8 Å². The van der Waals surface area contributed by atoms with Crippen molar-refractivity contribution in [3.05, 3.63) is 58.3 Å². The zero-order valence-electron chi connectivity index (χ0n) is 17.3. The van der Waals surface area contributed by atoms with Crippen LogP contribution < -0.4 is 0 Å². The van der Waals surface area contributed by atoms with Crippen LogP contribution in [0.5, 0.6) is 0 Å². The van der Waals surface area contributed by atoms with Crippen molar-refractivity contribution in [2.45, 2.75) is 39.5 Å². The molecule has 0 bridgehead atoms. The lowest BCUT2D eigenvalue weighted by molar-refractivity contribution is 0.983. The largest absolute Gasteiger partial charge is 0.127 e.